The number of halogens is 1. The molecule has 0 radical (unpaired) electrons. The highest BCUT2D eigenvalue weighted by atomic mass is 79.9. The van der Waals surface area contributed by atoms with E-state index in [9.17, 15) is 4.79 Å². The fourth-order valence-electron chi connectivity index (χ4n) is 1.96. The minimum atomic E-state index is -0.264. The Morgan fingerprint density at radius 3 is 2.94 bits per heavy atom. The van der Waals surface area contributed by atoms with Crippen molar-refractivity contribution in [2.75, 3.05) is 6.61 Å². The van der Waals surface area contributed by atoms with E-state index in [0.29, 0.717) is 12.2 Å². The summed E-state index contributed by atoms with van der Waals surface area (Å²) in [7, 11) is 0. The molecule has 3 nitrogen and oxygen atoms in total. The predicted molar refractivity (Wildman–Crippen MR) is 70.0 cm³/mol. The number of benzene rings is 1. The van der Waals surface area contributed by atoms with Gasteiger partial charge in [-0.2, -0.15) is 0 Å². The van der Waals surface area contributed by atoms with Gasteiger partial charge in [-0.1, -0.05) is 22.0 Å². The first kappa shape index (κ1) is 12.6. The molecule has 1 aliphatic rings. The van der Waals surface area contributed by atoms with Crippen LogP contribution in [0.5, 0.6) is 0 Å². The van der Waals surface area contributed by atoms with Crippen LogP contribution in [0.1, 0.15) is 30.6 Å². The number of carbonyl (C=O) groups is 1. The molecule has 1 N–H and O–H groups in total. The molecule has 1 aliphatic heterocycles. The lowest BCUT2D eigenvalue weighted by atomic mass is 9.94. The average Bonchev–Trinajstić information content (AvgIpc) is 2.59. The number of ether oxygens (including phenoxy) is 1. The van der Waals surface area contributed by atoms with Gasteiger partial charge >= 0.3 is 0 Å². The SMILES string of the molecule is CC1OCCC1(C)NC(=O)c1cccc(Br)c1. The van der Waals surface area contributed by atoms with Crippen molar-refractivity contribution >= 4 is 21.8 Å². The van der Waals surface area contributed by atoms with Crippen LogP contribution < -0.4 is 5.32 Å². The molecule has 1 saturated heterocycles. The van der Waals surface area contributed by atoms with Crippen molar-refractivity contribution in [3.63, 3.8) is 0 Å². The van der Waals surface area contributed by atoms with Crippen molar-refractivity contribution in [2.24, 2.45) is 0 Å². The van der Waals surface area contributed by atoms with Gasteiger partial charge in [-0.05, 0) is 38.5 Å². The number of hydrogen-bond donors (Lipinski definition) is 1. The molecule has 1 aromatic carbocycles. The van der Waals surface area contributed by atoms with E-state index in [4.69, 9.17) is 4.74 Å². The Hall–Kier alpha value is -0.870. The zero-order chi connectivity index (χ0) is 12.5. The fraction of sp³-hybridized carbons (Fsp3) is 0.462. The average molecular weight is 298 g/mol. The van der Waals surface area contributed by atoms with Crippen LogP contribution in [0.4, 0.5) is 0 Å². The highest BCUT2D eigenvalue weighted by Crippen LogP contribution is 2.25. The molecular formula is C13H16BrNO2. The van der Waals surface area contributed by atoms with Crippen molar-refractivity contribution in [1.29, 1.82) is 0 Å². The number of carbonyl (C=O) groups excluding carboxylic acids is 1. The summed E-state index contributed by atoms with van der Waals surface area (Å²) < 4.78 is 6.41. The van der Waals surface area contributed by atoms with E-state index in [2.05, 4.69) is 21.2 Å². The van der Waals surface area contributed by atoms with Crippen LogP contribution in [0.3, 0.4) is 0 Å². The number of rotatable bonds is 2. The molecule has 92 valence electrons. The Balaban J connectivity index is 2.12. The Kier molecular flexibility index (Phi) is 3.54. The van der Waals surface area contributed by atoms with E-state index in [1.807, 2.05) is 38.1 Å². The molecule has 0 spiro atoms. The second-order valence-electron chi connectivity index (χ2n) is 4.64. The summed E-state index contributed by atoms with van der Waals surface area (Å²) in [5, 5.41) is 3.06. The van der Waals surface area contributed by atoms with Crippen LogP contribution in [0, 0.1) is 0 Å². The monoisotopic (exact) mass is 297 g/mol. The van der Waals surface area contributed by atoms with Gasteiger partial charge in [0.2, 0.25) is 0 Å². The zero-order valence-electron chi connectivity index (χ0n) is 10.00. The third-order valence-corrected chi connectivity index (χ3v) is 3.87. The van der Waals surface area contributed by atoms with Gasteiger partial charge in [0.1, 0.15) is 0 Å². The Labute approximate surface area is 110 Å². The third-order valence-electron chi connectivity index (χ3n) is 3.37. The van der Waals surface area contributed by atoms with E-state index in [0.717, 1.165) is 10.9 Å². The van der Waals surface area contributed by atoms with Crippen LogP contribution in [-0.2, 0) is 4.74 Å². The summed E-state index contributed by atoms with van der Waals surface area (Å²) in [5.74, 6) is -0.0499. The first-order valence-electron chi connectivity index (χ1n) is 5.71. The van der Waals surface area contributed by atoms with Crippen molar-refractivity contribution in [3.8, 4) is 0 Å². The third kappa shape index (κ3) is 2.69. The molecule has 2 unspecified atom stereocenters. The first-order valence-corrected chi connectivity index (χ1v) is 6.50. The molecule has 0 aromatic heterocycles. The van der Waals surface area contributed by atoms with Gasteiger partial charge in [0, 0.05) is 16.6 Å². The summed E-state index contributed by atoms with van der Waals surface area (Å²) in [4.78, 5) is 12.1. The Morgan fingerprint density at radius 1 is 1.59 bits per heavy atom. The maximum atomic E-state index is 12.1. The second-order valence-corrected chi connectivity index (χ2v) is 5.56. The quantitative estimate of drug-likeness (QED) is 0.911. The van der Waals surface area contributed by atoms with Gasteiger partial charge < -0.3 is 10.1 Å². The number of amides is 1. The molecule has 2 atom stereocenters. The smallest absolute Gasteiger partial charge is 0.251 e. The predicted octanol–water partition coefficient (Wildman–Crippen LogP) is 2.75. The molecule has 1 amide bonds. The van der Waals surface area contributed by atoms with Crippen molar-refractivity contribution in [2.45, 2.75) is 31.9 Å². The molecule has 1 fully saturated rings. The highest BCUT2D eigenvalue weighted by Gasteiger charge is 2.38. The molecule has 0 aliphatic carbocycles. The maximum Gasteiger partial charge on any atom is 0.251 e. The van der Waals surface area contributed by atoms with Gasteiger partial charge in [-0.25, -0.2) is 0 Å². The van der Waals surface area contributed by atoms with E-state index < -0.39 is 0 Å². The van der Waals surface area contributed by atoms with Gasteiger partial charge in [0.05, 0.1) is 11.6 Å². The van der Waals surface area contributed by atoms with Crippen molar-refractivity contribution in [3.05, 3.63) is 34.3 Å². The van der Waals surface area contributed by atoms with E-state index in [-0.39, 0.29) is 17.6 Å². The Morgan fingerprint density at radius 2 is 2.35 bits per heavy atom. The Bertz CT molecular complexity index is 435. The fourth-order valence-corrected chi connectivity index (χ4v) is 2.36. The zero-order valence-corrected chi connectivity index (χ0v) is 11.6. The molecular weight excluding hydrogens is 282 g/mol. The molecule has 1 aromatic rings. The van der Waals surface area contributed by atoms with Gasteiger partial charge in [0.15, 0.2) is 0 Å². The van der Waals surface area contributed by atoms with Gasteiger partial charge in [-0.15, -0.1) is 0 Å². The van der Waals surface area contributed by atoms with Crippen LogP contribution in [-0.4, -0.2) is 24.2 Å². The molecule has 1 heterocycles. The van der Waals surface area contributed by atoms with Gasteiger partial charge in [0.25, 0.3) is 5.91 Å². The first-order chi connectivity index (χ1) is 8.01. The summed E-state index contributed by atoms with van der Waals surface area (Å²) in [6.45, 7) is 4.73. The summed E-state index contributed by atoms with van der Waals surface area (Å²) in [6.07, 6.45) is 0.909. The van der Waals surface area contributed by atoms with E-state index in [1.165, 1.54) is 0 Å². The largest absolute Gasteiger partial charge is 0.376 e. The van der Waals surface area contributed by atoms with Crippen LogP contribution in [0.15, 0.2) is 28.7 Å². The van der Waals surface area contributed by atoms with E-state index >= 15 is 0 Å². The van der Waals surface area contributed by atoms with E-state index in [1.54, 1.807) is 0 Å². The standard InChI is InChI=1S/C13H16BrNO2/c1-9-13(2,6-7-17-9)15-12(16)10-4-3-5-11(14)8-10/h3-5,8-9H,6-7H2,1-2H3,(H,15,16). The van der Waals surface area contributed by atoms with Gasteiger partial charge in [-0.3, -0.25) is 4.79 Å². The summed E-state index contributed by atoms with van der Waals surface area (Å²) in [6, 6.07) is 7.39. The molecule has 4 heteroatoms. The minimum absolute atomic E-state index is 0.0499. The number of hydrogen-bond acceptors (Lipinski definition) is 2. The molecule has 17 heavy (non-hydrogen) atoms. The lowest BCUT2D eigenvalue weighted by Gasteiger charge is -2.28. The topological polar surface area (TPSA) is 38.3 Å². The van der Waals surface area contributed by atoms with Crippen LogP contribution >= 0.6 is 15.9 Å². The lowest BCUT2D eigenvalue weighted by molar-refractivity contribution is 0.0727. The van der Waals surface area contributed by atoms with Crippen molar-refractivity contribution < 1.29 is 9.53 Å². The normalized spacial score (nSPS) is 28.1. The summed E-state index contributed by atoms with van der Waals surface area (Å²) >= 11 is 3.36. The van der Waals surface area contributed by atoms with Crippen LogP contribution in [0.25, 0.3) is 0 Å². The molecule has 0 saturated carbocycles. The second kappa shape index (κ2) is 4.78. The lowest BCUT2D eigenvalue weighted by Crippen LogP contribution is -2.50. The highest BCUT2D eigenvalue weighted by molar-refractivity contribution is 9.10. The molecule has 0 bridgehead atoms. The minimum Gasteiger partial charge on any atom is -0.376 e. The molecule has 2 rings (SSSR count). The summed E-state index contributed by atoms with van der Waals surface area (Å²) in [5.41, 5.74) is 0.402. The number of nitrogens with one attached hydrogen (secondary N) is 1. The van der Waals surface area contributed by atoms with Crippen molar-refractivity contribution in [1.82, 2.24) is 5.32 Å². The maximum absolute atomic E-state index is 12.1. The van der Waals surface area contributed by atoms with Crippen LogP contribution in [0.2, 0.25) is 0 Å².